The Labute approximate surface area is 171 Å². The first-order chi connectivity index (χ1) is 14.0. The van der Waals surface area contributed by atoms with Crippen molar-refractivity contribution in [3.05, 3.63) is 41.8 Å². The highest BCUT2D eigenvalue weighted by atomic mass is 32.2. The number of aliphatic hydroxyl groups excluding tert-OH is 1. The number of nitrogens with zero attached hydrogens (tertiary/aromatic N) is 2. The summed E-state index contributed by atoms with van der Waals surface area (Å²) in [5.74, 6) is -0.0807. The Morgan fingerprint density at radius 1 is 1.34 bits per heavy atom. The zero-order chi connectivity index (χ0) is 20.1. The van der Waals surface area contributed by atoms with Crippen LogP contribution in [0.25, 0.3) is 0 Å². The van der Waals surface area contributed by atoms with Crippen LogP contribution in [-0.2, 0) is 4.79 Å². The Morgan fingerprint density at radius 2 is 2.21 bits per heavy atom. The minimum atomic E-state index is -0.605. The molecule has 9 heteroatoms. The van der Waals surface area contributed by atoms with Gasteiger partial charge in [-0.2, -0.15) is 16.7 Å². The van der Waals surface area contributed by atoms with Gasteiger partial charge in [0.25, 0.3) is 0 Å². The van der Waals surface area contributed by atoms with Gasteiger partial charge in [0.2, 0.25) is 11.9 Å². The number of thioether (sulfide) groups is 1. The van der Waals surface area contributed by atoms with E-state index in [1.165, 1.54) is 0 Å². The first-order valence-corrected chi connectivity index (χ1v) is 10.8. The van der Waals surface area contributed by atoms with E-state index in [1.807, 2.05) is 24.3 Å². The fraction of sp³-hybridized carbons (Fsp3) is 0.450. The number of nitrogens with two attached hydrogens (primary N) is 1. The van der Waals surface area contributed by atoms with Crippen molar-refractivity contribution in [2.75, 3.05) is 16.4 Å². The van der Waals surface area contributed by atoms with Crippen molar-refractivity contribution < 1.29 is 14.3 Å². The smallest absolute Gasteiger partial charge is 0.229 e. The second kappa shape index (κ2) is 7.14. The molecule has 6 atom stereocenters. The van der Waals surface area contributed by atoms with Crippen LogP contribution in [0.5, 0.6) is 0 Å². The van der Waals surface area contributed by atoms with E-state index >= 15 is 0 Å². The number of hydrogen-bond acceptors (Lipinski definition) is 7. The van der Waals surface area contributed by atoms with E-state index in [2.05, 4.69) is 20.6 Å². The van der Waals surface area contributed by atoms with Crippen LogP contribution in [0.15, 0.2) is 30.5 Å². The molecule has 2 aliphatic carbocycles. The van der Waals surface area contributed by atoms with E-state index in [9.17, 15) is 14.3 Å². The maximum Gasteiger partial charge on any atom is 0.229 e. The van der Waals surface area contributed by atoms with Gasteiger partial charge in [-0.25, -0.2) is 9.37 Å². The summed E-state index contributed by atoms with van der Waals surface area (Å²) in [6, 6.07) is 7.14. The number of hydrogen-bond donors (Lipinski definition) is 4. The zero-order valence-corrected chi connectivity index (χ0v) is 16.4. The highest BCUT2D eigenvalue weighted by Crippen LogP contribution is 2.54. The van der Waals surface area contributed by atoms with E-state index in [1.54, 1.807) is 11.8 Å². The third-order valence-corrected chi connectivity index (χ3v) is 7.79. The molecule has 1 unspecified atom stereocenters. The molecule has 5 N–H and O–H groups in total. The van der Waals surface area contributed by atoms with E-state index in [-0.39, 0.29) is 46.7 Å². The van der Waals surface area contributed by atoms with Gasteiger partial charge in [-0.15, -0.1) is 0 Å². The van der Waals surface area contributed by atoms with Gasteiger partial charge in [-0.3, -0.25) is 4.79 Å². The van der Waals surface area contributed by atoms with Crippen LogP contribution >= 0.6 is 11.8 Å². The number of aromatic nitrogens is 2. The summed E-state index contributed by atoms with van der Waals surface area (Å²) in [5, 5.41) is 17.2. The van der Waals surface area contributed by atoms with Gasteiger partial charge in [0.1, 0.15) is 0 Å². The molecule has 3 aliphatic rings. The zero-order valence-electron chi connectivity index (χ0n) is 15.6. The molecule has 1 aromatic carbocycles. The van der Waals surface area contributed by atoms with Crippen molar-refractivity contribution in [1.82, 2.24) is 9.97 Å². The Bertz CT molecular complexity index is 960. The lowest BCUT2D eigenvalue weighted by Crippen LogP contribution is -2.46. The lowest BCUT2D eigenvalue weighted by molar-refractivity contribution is -0.123. The van der Waals surface area contributed by atoms with Crippen LogP contribution in [0.4, 0.5) is 21.8 Å². The molecule has 2 saturated carbocycles. The number of nitrogens with one attached hydrogen (secondary N) is 2. The van der Waals surface area contributed by atoms with Gasteiger partial charge in [0.15, 0.2) is 11.6 Å². The molecule has 7 nitrogen and oxygen atoms in total. The third-order valence-electron chi connectivity index (χ3n) is 6.32. The predicted molar refractivity (Wildman–Crippen MR) is 109 cm³/mol. The van der Waals surface area contributed by atoms with Crippen LogP contribution in [0.2, 0.25) is 0 Å². The Kier molecular flexibility index (Phi) is 4.59. The standard InChI is InChI=1S/C20H22FN5O2S/c21-13-7-23-20-24-11-3-1-2-9(4-11)14(27)8-29-15-6-10-5-12(15)17(16(10)18(22)28)25-19(13)26-20/h1-4,7,10,12,14-17,27H,5-6,8H2,(H2,22,28)(H2,23,24,25,26)/t10-,12-,14?,15-,16+,17-/m1/s1. The summed E-state index contributed by atoms with van der Waals surface area (Å²) in [4.78, 5) is 20.4. The number of primary amides is 1. The molecular formula is C20H22FN5O2S. The van der Waals surface area contributed by atoms with E-state index < -0.39 is 11.9 Å². The molecule has 6 bridgehead atoms. The van der Waals surface area contributed by atoms with E-state index in [0.29, 0.717) is 11.4 Å². The fourth-order valence-corrected chi connectivity index (χ4v) is 6.58. The molecule has 1 amide bonds. The average Bonchev–Trinajstić information content (AvgIpc) is 3.26. The van der Waals surface area contributed by atoms with Gasteiger partial charge in [0, 0.05) is 22.7 Å². The van der Waals surface area contributed by atoms with E-state index in [0.717, 1.165) is 24.6 Å². The Hall–Kier alpha value is -2.39. The van der Waals surface area contributed by atoms with Crippen LogP contribution in [0.3, 0.4) is 0 Å². The van der Waals surface area contributed by atoms with Crippen LogP contribution in [-0.4, -0.2) is 38.0 Å². The topological polar surface area (TPSA) is 113 Å². The monoisotopic (exact) mass is 415 g/mol. The molecule has 5 rings (SSSR count). The van der Waals surface area contributed by atoms with Crippen molar-refractivity contribution >= 4 is 35.1 Å². The number of carbonyl (C=O) groups excluding carboxylic acids is 1. The van der Waals surface area contributed by atoms with E-state index in [4.69, 9.17) is 5.73 Å². The summed E-state index contributed by atoms with van der Waals surface area (Å²) >= 11 is 1.71. The lowest BCUT2D eigenvalue weighted by atomic mass is 9.83. The minimum absolute atomic E-state index is 0.0725. The van der Waals surface area contributed by atoms with Crippen molar-refractivity contribution in [2.24, 2.45) is 23.5 Å². The van der Waals surface area contributed by atoms with Crippen LogP contribution in [0, 0.1) is 23.6 Å². The van der Waals surface area contributed by atoms with Gasteiger partial charge in [0.05, 0.1) is 18.2 Å². The lowest BCUT2D eigenvalue weighted by Gasteiger charge is -2.35. The van der Waals surface area contributed by atoms with Gasteiger partial charge >= 0.3 is 0 Å². The van der Waals surface area contributed by atoms with Gasteiger partial charge in [-0.05, 0) is 42.4 Å². The number of anilines is 3. The van der Waals surface area contributed by atoms with Crippen LogP contribution < -0.4 is 16.4 Å². The molecule has 152 valence electrons. The first kappa shape index (κ1) is 18.6. The molecule has 1 aromatic heterocycles. The second-order valence-corrected chi connectivity index (χ2v) is 9.29. The molecule has 2 fully saturated rings. The largest absolute Gasteiger partial charge is 0.388 e. The first-order valence-electron chi connectivity index (χ1n) is 9.74. The number of aliphatic hydroxyl groups is 1. The second-order valence-electron chi connectivity index (χ2n) is 8.02. The molecule has 29 heavy (non-hydrogen) atoms. The van der Waals surface area contributed by atoms with Crippen molar-refractivity contribution in [1.29, 1.82) is 0 Å². The fourth-order valence-electron chi connectivity index (χ4n) is 5.05. The highest BCUT2D eigenvalue weighted by Gasteiger charge is 2.55. The SMILES string of the molecule is NC(=O)[C@H]1[C@@H]2C[C@H]3[C@H]1Nc1nc(ncc1F)Nc1cccc(c1)C(O)CS[C@@H]3C2. The number of amides is 1. The van der Waals surface area contributed by atoms with Crippen molar-refractivity contribution in [3.8, 4) is 0 Å². The van der Waals surface area contributed by atoms with Crippen molar-refractivity contribution in [2.45, 2.75) is 30.2 Å². The summed E-state index contributed by atoms with van der Waals surface area (Å²) in [6.07, 6.45) is 2.26. The maximum atomic E-state index is 14.5. The number of carbonyl (C=O) groups is 1. The predicted octanol–water partition coefficient (Wildman–Crippen LogP) is 2.43. The maximum absolute atomic E-state index is 14.5. The number of fused-ring (bicyclic) bond motifs is 5. The number of halogens is 1. The van der Waals surface area contributed by atoms with Crippen molar-refractivity contribution in [3.63, 3.8) is 0 Å². The van der Waals surface area contributed by atoms with Gasteiger partial charge in [-0.1, -0.05) is 12.1 Å². The Balaban J connectivity index is 1.56. The van der Waals surface area contributed by atoms with Crippen LogP contribution in [0.1, 0.15) is 24.5 Å². The summed E-state index contributed by atoms with van der Waals surface area (Å²) in [5.41, 5.74) is 7.20. The van der Waals surface area contributed by atoms with Gasteiger partial charge < -0.3 is 21.5 Å². The number of benzene rings is 1. The third kappa shape index (κ3) is 3.32. The quantitative estimate of drug-likeness (QED) is 0.566. The average molecular weight is 415 g/mol. The molecular weight excluding hydrogens is 393 g/mol. The molecule has 0 spiro atoms. The molecule has 1 aliphatic heterocycles. The molecule has 0 saturated heterocycles. The molecule has 0 radical (unpaired) electrons. The normalized spacial score (nSPS) is 32.8. The Morgan fingerprint density at radius 3 is 3.03 bits per heavy atom. The molecule has 2 aromatic rings. The number of rotatable bonds is 1. The summed E-state index contributed by atoms with van der Waals surface area (Å²) in [6.45, 7) is 0. The summed E-state index contributed by atoms with van der Waals surface area (Å²) < 4.78 is 14.5. The molecule has 2 heterocycles. The highest BCUT2D eigenvalue weighted by molar-refractivity contribution is 7.99. The minimum Gasteiger partial charge on any atom is -0.388 e. The summed E-state index contributed by atoms with van der Waals surface area (Å²) in [7, 11) is 0.